The molecule has 2 aromatic rings. The van der Waals surface area contributed by atoms with Crippen molar-refractivity contribution in [1.82, 2.24) is 4.98 Å². The maximum atomic E-state index is 11.5. The number of nitrogens with zero attached hydrogens (tertiary/aromatic N) is 1. The molecule has 0 aliphatic carbocycles. The summed E-state index contributed by atoms with van der Waals surface area (Å²) in [7, 11) is 0. The van der Waals surface area contributed by atoms with Crippen molar-refractivity contribution in [1.29, 1.82) is 0 Å². The molecule has 0 saturated carbocycles. The third-order valence-corrected chi connectivity index (χ3v) is 3.79. The molecule has 5 heteroatoms. The molecule has 1 unspecified atom stereocenters. The molecule has 0 saturated heterocycles. The first kappa shape index (κ1) is 14.9. The lowest BCUT2D eigenvalue weighted by Crippen LogP contribution is -2.20. The van der Waals surface area contributed by atoms with Crippen LogP contribution in [0.15, 0.2) is 53.7 Å². The molecule has 0 bridgehead atoms. The van der Waals surface area contributed by atoms with E-state index in [-0.39, 0.29) is 5.91 Å². The SMILES string of the molecule is CC(Cl)C(=O)Nc1cccc(CSc2ccccn2)c1. The van der Waals surface area contributed by atoms with E-state index < -0.39 is 5.38 Å². The fraction of sp³-hybridized carbons (Fsp3) is 0.200. The van der Waals surface area contributed by atoms with Crippen LogP contribution in [0, 0.1) is 0 Å². The maximum Gasteiger partial charge on any atom is 0.242 e. The number of hydrogen-bond donors (Lipinski definition) is 1. The molecule has 1 aromatic heterocycles. The third kappa shape index (κ3) is 4.54. The Bertz CT molecular complexity index is 575. The first-order valence-corrected chi connectivity index (χ1v) is 7.65. The largest absolute Gasteiger partial charge is 0.325 e. The van der Waals surface area contributed by atoms with Gasteiger partial charge < -0.3 is 5.32 Å². The number of thioether (sulfide) groups is 1. The molecule has 1 aromatic carbocycles. The van der Waals surface area contributed by atoms with E-state index in [1.165, 1.54) is 0 Å². The highest BCUT2D eigenvalue weighted by Gasteiger charge is 2.09. The molecule has 3 nitrogen and oxygen atoms in total. The van der Waals surface area contributed by atoms with Gasteiger partial charge in [0.15, 0.2) is 0 Å². The van der Waals surface area contributed by atoms with E-state index in [1.54, 1.807) is 24.9 Å². The predicted molar refractivity (Wildman–Crippen MR) is 84.2 cm³/mol. The summed E-state index contributed by atoms with van der Waals surface area (Å²) in [5.74, 6) is 0.609. The third-order valence-electron chi connectivity index (χ3n) is 2.58. The quantitative estimate of drug-likeness (QED) is 0.672. The van der Waals surface area contributed by atoms with Crippen molar-refractivity contribution in [3.8, 4) is 0 Å². The number of alkyl halides is 1. The van der Waals surface area contributed by atoms with E-state index >= 15 is 0 Å². The number of halogens is 1. The lowest BCUT2D eigenvalue weighted by molar-refractivity contribution is -0.115. The van der Waals surface area contributed by atoms with Gasteiger partial charge in [-0.1, -0.05) is 18.2 Å². The minimum absolute atomic E-state index is 0.193. The minimum Gasteiger partial charge on any atom is -0.325 e. The van der Waals surface area contributed by atoms with Crippen LogP contribution in [-0.2, 0) is 10.5 Å². The van der Waals surface area contributed by atoms with E-state index in [1.807, 2.05) is 42.5 Å². The smallest absolute Gasteiger partial charge is 0.242 e. The molecule has 2 rings (SSSR count). The first-order chi connectivity index (χ1) is 9.65. The number of hydrogen-bond acceptors (Lipinski definition) is 3. The van der Waals surface area contributed by atoms with Crippen LogP contribution < -0.4 is 5.32 Å². The number of carbonyl (C=O) groups is 1. The average molecular weight is 307 g/mol. The van der Waals surface area contributed by atoms with Crippen LogP contribution in [0.25, 0.3) is 0 Å². The van der Waals surface area contributed by atoms with Crippen molar-refractivity contribution in [2.45, 2.75) is 23.1 Å². The molecule has 0 fully saturated rings. The fourth-order valence-corrected chi connectivity index (χ4v) is 2.43. The standard InChI is InChI=1S/C15H15ClN2OS/c1-11(16)15(19)18-13-6-4-5-12(9-13)10-20-14-7-2-3-8-17-14/h2-9,11H,10H2,1H3,(H,18,19). The van der Waals surface area contributed by atoms with Gasteiger partial charge in [0.2, 0.25) is 5.91 Å². The van der Waals surface area contributed by atoms with E-state index in [0.717, 1.165) is 22.0 Å². The molecule has 0 aliphatic rings. The van der Waals surface area contributed by atoms with Crippen LogP contribution in [0.4, 0.5) is 5.69 Å². The van der Waals surface area contributed by atoms with Crippen molar-refractivity contribution >= 4 is 35.0 Å². The first-order valence-electron chi connectivity index (χ1n) is 6.23. The second-order valence-corrected chi connectivity index (χ2v) is 5.91. The number of carbonyl (C=O) groups excluding carboxylic acids is 1. The summed E-state index contributed by atoms with van der Waals surface area (Å²) in [4.78, 5) is 15.8. The zero-order chi connectivity index (χ0) is 14.4. The molecule has 20 heavy (non-hydrogen) atoms. The van der Waals surface area contributed by atoms with Crippen molar-refractivity contribution in [2.75, 3.05) is 5.32 Å². The highest BCUT2D eigenvalue weighted by molar-refractivity contribution is 7.98. The molecular weight excluding hydrogens is 292 g/mol. The van der Waals surface area contributed by atoms with Crippen molar-refractivity contribution < 1.29 is 4.79 Å². The van der Waals surface area contributed by atoms with Gasteiger partial charge in [-0.05, 0) is 36.8 Å². The number of aromatic nitrogens is 1. The molecule has 1 N–H and O–H groups in total. The van der Waals surface area contributed by atoms with Crippen LogP contribution in [-0.4, -0.2) is 16.3 Å². The number of amides is 1. The molecular formula is C15H15ClN2OS. The highest BCUT2D eigenvalue weighted by Crippen LogP contribution is 2.22. The molecule has 104 valence electrons. The second-order valence-electron chi connectivity index (χ2n) is 4.26. The average Bonchev–Trinajstić information content (AvgIpc) is 2.46. The van der Waals surface area contributed by atoms with E-state index in [2.05, 4.69) is 10.3 Å². The highest BCUT2D eigenvalue weighted by atomic mass is 35.5. The Kier molecular flexibility index (Phi) is 5.44. The number of benzene rings is 1. The van der Waals surface area contributed by atoms with Gasteiger partial charge in [-0.15, -0.1) is 23.4 Å². The predicted octanol–water partition coefficient (Wildman–Crippen LogP) is 3.94. The van der Waals surface area contributed by atoms with Gasteiger partial charge in [0.1, 0.15) is 5.38 Å². The summed E-state index contributed by atoms with van der Waals surface area (Å²) in [5, 5.41) is 3.23. The molecule has 1 atom stereocenters. The summed E-state index contributed by atoms with van der Waals surface area (Å²) in [6.45, 7) is 1.65. The van der Waals surface area contributed by atoms with E-state index in [9.17, 15) is 4.79 Å². The Balaban J connectivity index is 1.97. The van der Waals surface area contributed by atoms with Crippen LogP contribution in [0.1, 0.15) is 12.5 Å². The van der Waals surface area contributed by atoms with Gasteiger partial charge in [0.25, 0.3) is 0 Å². The van der Waals surface area contributed by atoms with Gasteiger partial charge in [-0.25, -0.2) is 4.98 Å². The number of pyridine rings is 1. The Morgan fingerprint density at radius 2 is 2.20 bits per heavy atom. The van der Waals surface area contributed by atoms with E-state index in [0.29, 0.717) is 0 Å². The fourth-order valence-electron chi connectivity index (χ4n) is 1.57. The Morgan fingerprint density at radius 1 is 1.35 bits per heavy atom. The number of nitrogens with one attached hydrogen (secondary N) is 1. The van der Waals surface area contributed by atoms with Crippen molar-refractivity contribution in [3.05, 3.63) is 54.2 Å². The lowest BCUT2D eigenvalue weighted by Gasteiger charge is -2.08. The monoisotopic (exact) mass is 306 g/mol. The topological polar surface area (TPSA) is 42.0 Å². The number of anilines is 1. The number of rotatable bonds is 5. The van der Waals surface area contributed by atoms with E-state index in [4.69, 9.17) is 11.6 Å². The van der Waals surface area contributed by atoms with Crippen LogP contribution in [0.5, 0.6) is 0 Å². The van der Waals surface area contributed by atoms with Gasteiger partial charge >= 0.3 is 0 Å². The molecule has 0 radical (unpaired) electrons. The van der Waals surface area contributed by atoms with Crippen molar-refractivity contribution in [3.63, 3.8) is 0 Å². The maximum absolute atomic E-state index is 11.5. The van der Waals surface area contributed by atoms with Crippen LogP contribution >= 0.6 is 23.4 Å². The van der Waals surface area contributed by atoms with Gasteiger partial charge in [-0.2, -0.15) is 0 Å². The molecule has 0 aliphatic heterocycles. The second kappa shape index (κ2) is 7.31. The summed E-state index contributed by atoms with van der Waals surface area (Å²) in [6, 6.07) is 13.6. The van der Waals surface area contributed by atoms with Crippen LogP contribution in [0.3, 0.4) is 0 Å². The zero-order valence-corrected chi connectivity index (χ0v) is 12.6. The summed E-state index contributed by atoms with van der Waals surface area (Å²) >= 11 is 7.39. The normalized spacial score (nSPS) is 11.9. The minimum atomic E-state index is -0.540. The van der Waals surface area contributed by atoms with Crippen molar-refractivity contribution in [2.24, 2.45) is 0 Å². The lowest BCUT2D eigenvalue weighted by atomic mass is 10.2. The molecule has 1 amide bonds. The Hall–Kier alpha value is -1.52. The molecule has 0 spiro atoms. The molecule has 1 heterocycles. The van der Waals surface area contributed by atoms with Gasteiger partial charge in [0, 0.05) is 17.6 Å². The Labute approximate surface area is 127 Å². The summed E-state index contributed by atoms with van der Waals surface area (Å²) in [5.41, 5.74) is 1.89. The van der Waals surface area contributed by atoms with Gasteiger partial charge in [-0.3, -0.25) is 4.79 Å². The Morgan fingerprint density at radius 3 is 2.90 bits per heavy atom. The van der Waals surface area contributed by atoms with Gasteiger partial charge in [0.05, 0.1) is 5.03 Å². The zero-order valence-electron chi connectivity index (χ0n) is 11.0. The summed E-state index contributed by atoms with van der Waals surface area (Å²) < 4.78 is 0. The summed E-state index contributed by atoms with van der Waals surface area (Å²) in [6.07, 6.45) is 1.78. The van der Waals surface area contributed by atoms with Crippen LogP contribution in [0.2, 0.25) is 0 Å².